The summed E-state index contributed by atoms with van der Waals surface area (Å²) in [6.45, 7) is 0.674. The van der Waals surface area contributed by atoms with Crippen molar-refractivity contribution in [2.45, 2.75) is 42.0 Å². The van der Waals surface area contributed by atoms with Gasteiger partial charge >= 0.3 is 0 Å². The van der Waals surface area contributed by atoms with Crippen LogP contribution in [0.2, 0.25) is 15.1 Å². The summed E-state index contributed by atoms with van der Waals surface area (Å²) in [6.07, 6.45) is 0.555. The van der Waals surface area contributed by atoms with Crippen molar-refractivity contribution >= 4 is 81.2 Å². The van der Waals surface area contributed by atoms with E-state index >= 15 is 4.39 Å². The summed E-state index contributed by atoms with van der Waals surface area (Å²) in [7, 11) is 0. The largest absolute Gasteiger partial charge is 0.326 e. The van der Waals surface area contributed by atoms with Gasteiger partial charge in [-0.05, 0) is 66.9 Å². The highest BCUT2D eigenvalue weighted by Crippen LogP contribution is 2.65. The number of Topliss-reactive ketones (excluding diaryl/α,β-unsaturated/α-hetero) is 2. The predicted molar refractivity (Wildman–Crippen MR) is 161 cm³/mol. The van der Waals surface area contributed by atoms with E-state index < -0.39 is 58.4 Å². The number of anilines is 1. The van der Waals surface area contributed by atoms with Crippen LogP contribution in [0.5, 0.6) is 0 Å². The van der Waals surface area contributed by atoms with Crippen LogP contribution in [-0.4, -0.2) is 34.4 Å². The SMILES string of the molecule is O=C(Cc1ccc(F)c(CC(=O)[C@@H]2CCCN2)c1F)c1cc(NC(=O)[C@H]2[C@H](c3ccc(Cl)c(Cl)c3)C2(Cl)Cl)ccc1Cl. The number of alkyl halides is 2. The van der Waals surface area contributed by atoms with Crippen LogP contribution in [0.3, 0.4) is 0 Å². The molecule has 1 saturated heterocycles. The average molecular weight is 675 g/mol. The van der Waals surface area contributed by atoms with Crippen LogP contribution in [-0.2, 0) is 22.4 Å². The molecular formula is C30H23Cl5F2N2O3. The molecule has 1 aliphatic carbocycles. The van der Waals surface area contributed by atoms with Crippen LogP contribution in [0.15, 0.2) is 48.5 Å². The van der Waals surface area contributed by atoms with Gasteiger partial charge in [-0.2, -0.15) is 0 Å². The quantitative estimate of drug-likeness (QED) is 0.180. The van der Waals surface area contributed by atoms with Gasteiger partial charge in [0.25, 0.3) is 0 Å². The molecule has 0 bridgehead atoms. The van der Waals surface area contributed by atoms with Crippen molar-refractivity contribution in [2.75, 3.05) is 11.9 Å². The van der Waals surface area contributed by atoms with Crippen molar-refractivity contribution in [3.63, 3.8) is 0 Å². The van der Waals surface area contributed by atoms with Gasteiger partial charge in [-0.3, -0.25) is 14.4 Å². The summed E-state index contributed by atoms with van der Waals surface area (Å²) in [6, 6.07) is 10.9. The van der Waals surface area contributed by atoms with E-state index in [2.05, 4.69) is 10.6 Å². The lowest BCUT2D eigenvalue weighted by molar-refractivity contribution is -0.120. The van der Waals surface area contributed by atoms with Crippen molar-refractivity contribution in [3.8, 4) is 0 Å². The number of halogens is 7. The number of hydrogen-bond donors (Lipinski definition) is 2. The van der Waals surface area contributed by atoms with Crippen molar-refractivity contribution in [1.82, 2.24) is 5.32 Å². The number of amides is 1. The van der Waals surface area contributed by atoms with Gasteiger partial charge in [0.2, 0.25) is 5.91 Å². The van der Waals surface area contributed by atoms with Gasteiger partial charge < -0.3 is 10.6 Å². The lowest BCUT2D eigenvalue weighted by atomic mass is 9.96. The smallest absolute Gasteiger partial charge is 0.231 e. The van der Waals surface area contributed by atoms with Crippen LogP contribution in [0.1, 0.15) is 45.8 Å². The Labute approximate surface area is 265 Å². The molecule has 5 nitrogen and oxygen atoms in total. The summed E-state index contributed by atoms with van der Waals surface area (Å²) in [4.78, 5) is 38.8. The predicted octanol–water partition coefficient (Wildman–Crippen LogP) is 7.74. The van der Waals surface area contributed by atoms with Gasteiger partial charge in [-0.1, -0.05) is 46.9 Å². The van der Waals surface area contributed by atoms with E-state index in [1.807, 2.05) is 0 Å². The fraction of sp³-hybridized carbons (Fsp3) is 0.300. The lowest BCUT2D eigenvalue weighted by Crippen LogP contribution is -2.32. The third-order valence-corrected chi connectivity index (χ3v) is 9.60. The first-order chi connectivity index (χ1) is 19.9. The van der Waals surface area contributed by atoms with Gasteiger partial charge in [0.15, 0.2) is 11.6 Å². The fourth-order valence-corrected chi connectivity index (χ4v) is 6.64. The molecule has 2 aliphatic rings. The van der Waals surface area contributed by atoms with E-state index in [1.165, 1.54) is 24.3 Å². The number of carbonyl (C=O) groups is 3. The Hall–Kier alpha value is -2.26. The molecule has 12 heteroatoms. The van der Waals surface area contributed by atoms with E-state index in [0.29, 0.717) is 28.6 Å². The highest BCUT2D eigenvalue weighted by molar-refractivity contribution is 6.53. The van der Waals surface area contributed by atoms with Crippen LogP contribution in [0, 0.1) is 17.6 Å². The Morgan fingerprint density at radius 3 is 2.36 bits per heavy atom. The van der Waals surface area contributed by atoms with Crippen LogP contribution in [0.25, 0.3) is 0 Å². The number of nitrogens with one attached hydrogen (secondary N) is 2. The molecular weight excluding hydrogens is 652 g/mol. The van der Waals surface area contributed by atoms with Gasteiger partial charge in [0.1, 0.15) is 16.0 Å². The first-order valence-corrected chi connectivity index (χ1v) is 15.0. The standard InChI is InChI=1S/C30H23Cl5F2N2O3/c31-19-7-5-16(39-29(42)27-26(30(27,34)35)14-3-6-20(32)21(33)10-14)12-17(19)24(40)11-15-4-8-22(36)18(28(15)37)13-25(41)23-2-1-9-38-23/h3-8,10,12,23,26-27,38H,1-2,9,11,13H2,(H,39,42)/t23-,26-,27+/m0/s1. The van der Waals surface area contributed by atoms with E-state index in [9.17, 15) is 18.8 Å². The molecule has 0 unspecified atom stereocenters. The Morgan fingerprint density at radius 1 is 0.929 bits per heavy atom. The maximum Gasteiger partial charge on any atom is 0.231 e. The highest BCUT2D eigenvalue weighted by Gasteiger charge is 2.67. The zero-order valence-electron chi connectivity index (χ0n) is 21.8. The molecule has 42 heavy (non-hydrogen) atoms. The number of rotatable bonds is 9. The maximum atomic E-state index is 15.3. The van der Waals surface area contributed by atoms with Crippen LogP contribution < -0.4 is 10.6 Å². The molecule has 1 saturated carbocycles. The molecule has 3 aromatic rings. The second kappa shape index (κ2) is 12.4. The van der Waals surface area contributed by atoms with Gasteiger partial charge in [-0.25, -0.2) is 8.78 Å². The number of ketones is 2. The fourth-order valence-electron chi connectivity index (χ4n) is 5.28. The lowest BCUT2D eigenvalue weighted by Gasteiger charge is -2.13. The topological polar surface area (TPSA) is 75.3 Å². The summed E-state index contributed by atoms with van der Waals surface area (Å²) in [5, 5.41) is 6.45. The second-order valence-corrected chi connectivity index (χ2v) is 13.0. The zero-order valence-corrected chi connectivity index (χ0v) is 25.5. The van der Waals surface area contributed by atoms with Crippen molar-refractivity contribution < 1.29 is 23.2 Å². The number of benzene rings is 3. The summed E-state index contributed by atoms with van der Waals surface area (Å²) in [5.41, 5.74) is 0.448. The summed E-state index contributed by atoms with van der Waals surface area (Å²) >= 11 is 31.2. The van der Waals surface area contributed by atoms with Crippen LogP contribution in [0.4, 0.5) is 14.5 Å². The van der Waals surface area contributed by atoms with Crippen LogP contribution >= 0.6 is 58.0 Å². The molecule has 1 heterocycles. The first kappa shape index (κ1) is 31.2. The molecule has 0 aromatic heterocycles. The van der Waals surface area contributed by atoms with E-state index in [0.717, 1.165) is 12.5 Å². The van der Waals surface area contributed by atoms with Crippen molar-refractivity contribution in [2.24, 2.45) is 5.92 Å². The normalized spacial score (nSPS) is 20.8. The van der Waals surface area contributed by atoms with Gasteiger partial charge in [-0.15, -0.1) is 23.2 Å². The average Bonchev–Trinajstić information content (AvgIpc) is 3.25. The minimum absolute atomic E-state index is 0.0193. The minimum atomic E-state index is -1.39. The minimum Gasteiger partial charge on any atom is -0.326 e. The number of carbonyl (C=O) groups excluding carboxylic acids is 3. The zero-order chi connectivity index (χ0) is 30.3. The molecule has 0 radical (unpaired) electrons. The Bertz CT molecular complexity index is 1590. The Morgan fingerprint density at radius 2 is 1.67 bits per heavy atom. The molecule has 2 fully saturated rings. The van der Waals surface area contributed by atoms with E-state index in [-0.39, 0.29) is 33.2 Å². The van der Waals surface area contributed by atoms with Crippen molar-refractivity contribution in [3.05, 3.63) is 97.5 Å². The number of hydrogen-bond acceptors (Lipinski definition) is 4. The second-order valence-electron chi connectivity index (χ2n) is 10.4. The molecule has 220 valence electrons. The molecule has 5 rings (SSSR count). The molecule has 3 atom stereocenters. The monoisotopic (exact) mass is 672 g/mol. The van der Waals surface area contributed by atoms with E-state index in [4.69, 9.17) is 58.0 Å². The van der Waals surface area contributed by atoms with Gasteiger partial charge in [0, 0.05) is 35.6 Å². The maximum absolute atomic E-state index is 15.3. The van der Waals surface area contributed by atoms with Crippen molar-refractivity contribution in [1.29, 1.82) is 0 Å². The Balaban J connectivity index is 1.30. The molecule has 2 N–H and O–H groups in total. The van der Waals surface area contributed by atoms with Gasteiger partial charge in [0.05, 0.1) is 27.0 Å². The third-order valence-electron chi connectivity index (χ3n) is 7.59. The summed E-state index contributed by atoms with van der Waals surface area (Å²) < 4.78 is 28.4. The molecule has 3 aromatic carbocycles. The van der Waals surface area contributed by atoms with E-state index in [1.54, 1.807) is 18.2 Å². The highest BCUT2D eigenvalue weighted by atomic mass is 35.5. The molecule has 1 aliphatic heterocycles. The third kappa shape index (κ3) is 6.33. The molecule has 1 amide bonds. The summed E-state index contributed by atoms with van der Waals surface area (Å²) in [5.74, 6) is -4.54. The molecule has 0 spiro atoms. The Kier molecular flexibility index (Phi) is 9.19. The first-order valence-electron chi connectivity index (χ1n) is 13.1.